The van der Waals surface area contributed by atoms with E-state index in [1.807, 2.05) is 0 Å². The first-order chi connectivity index (χ1) is 4.86. The molecule has 2 rings (SSSR count). The standard InChI is InChI=1S/C5H2ClN3S/c6-4-1-3-5(9-8-4)10-2-7-3/h1-2H. The van der Waals surface area contributed by atoms with Crippen molar-refractivity contribution in [1.29, 1.82) is 0 Å². The third-order valence-electron chi connectivity index (χ3n) is 1.07. The minimum absolute atomic E-state index is 0.387. The Bertz CT molecular complexity index is 358. The quantitative estimate of drug-likeness (QED) is 0.606. The molecule has 3 nitrogen and oxygen atoms in total. The van der Waals surface area contributed by atoms with Gasteiger partial charge in [0.1, 0.15) is 5.52 Å². The van der Waals surface area contributed by atoms with Crippen LogP contribution in [-0.4, -0.2) is 15.2 Å². The zero-order chi connectivity index (χ0) is 6.97. The summed E-state index contributed by atoms with van der Waals surface area (Å²) >= 11 is 7.02. The Balaban J connectivity index is 2.86. The molecule has 0 aliphatic heterocycles. The average molecular weight is 172 g/mol. The molecule has 2 heterocycles. The van der Waals surface area contributed by atoms with Gasteiger partial charge in [-0.05, 0) is 0 Å². The van der Waals surface area contributed by atoms with E-state index in [-0.39, 0.29) is 0 Å². The van der Waals surface area contributed by atoms with E-state index in [0.717, 1.165) is 10.3 Å². The number of hydrogen-bond donors (Lipinski definition) is 0. The van der Waals surface area contributed by atoms with E-state index < -0.39 is 0 Å². The van der Waals surface area contributed by atoms with Gasteiger partial charge in [0.15, 0.2) is 9.98 Å². The van der Waals surface area contributed by atoms with Crippen molar-refractivity contribution in [1.82, 2.24) is 15.2 Å². The van der Waals surface area contributed by atoms with Crippen LogP contribution in [-0.2, 0) is 0 Å². The molecule has 0 amide bonds. The van der Waals surface area contributed by atoms with Crippen LogP contribution >= 0.6 is 22.9 Å². The van der Waals surface area contributed by atoms with Crippen LogP contribution in [0.15, 0.2) is 11.6 Å². The molecule has 0 saturated carbocycles. The zero-order valence-corrected chi connectivity index (χ0v) is 6.35. The van der Waals surface area contributed by atoms with Crippen LogP contribution in [0.5, 0.6) is 0 Å². The van der Waals surface area contributed by atoms with E-state index in [9.17, 15) is 0 Å². The number of rotatable bonds is 0. The van der Waals surface area contributed by atoms with Crippen molar-refractivity contribution in [2.75, 3.05) is 0 Å². The molecule has 0 radical (unpaired) electrons. The Morgan fingerprint density at radius 1 is 1.40 bits per heavy atom. The summed E-state index contributed by atoms with van der Waals surface area (Å²) in [5.41, 5.74) is 2.53. The smallest absolute Gasteiger partial charge is 0.166 e. The van der Waals surface area contributed by atoms with Crippen LogP contribution in [0.1, 0.15) is 0 Å². The molecule has 2 aromatic heterocycles. The molecule has 0 saturated heterocycles. The molecule has 0 bridgehead atoms. The van der Waals surface area contributed by atoms with Gasteiger partial charge < -0.3 is 0 Å². The van der Waals surface area contributed by atoms with E-state index in [1.54, 1.807) is 11.6 Å². The largest absolute Gasteiger partial charge is 0.243 e. The molecule has 0 atom stereocenters. The Hall–Kier alpha value is -0.740. The van der Waals surface area contributed by atoms with Crippen LogP contribution in [0.2, 0.25) is 5.15 Å². The van der Waals surface area contributed by atoms with Crippen LogP contribution < -0.4 is 0 Å². The monoisotopic (exact) mass is 171 g/mol. The predicted molar refractivity (Wildman–Crippen MR) is 40.2 cm³/mol. The number of halogens is 1. The molecular formula is C5H2ClN3S. The minimum atomic E-state index is 0.387. The van der Waals surface area contributed by atoms with Gasteiger partial charge in [0.25, 0.3) is 0 Å². The minimum Gasteiger partial charge on any atom is -0.243 e. The van der Waals surface area contributed by atoms with E-state index in [0.29, 0.717) is 5.15 Å². The lowest BCUT2D eigenvalue weighted by Gasteiger charge is -1.84. The van der Waals surface area contributed by atoms with E-state index >= 15 is 0 Å². The average Bonchev–Trinajstić information content (AvgIpc) is 2.33. The lowest BCUT2D eigenvalue weighted by molar-refractivity contribution is 1.08. The maximum Gasteiger partial charge on any atom is 0.166 e. The third-order valence-corrected chi connectivity index (χ3v) is 1.98. The van der Waals surface area contributed by atoms with Crippen molar-refractivity contribution >= 4 is 33.3 Å². The summed E-state index contributed by atoms with van der Waals surface area (Å²) in [6, 6.07) is 1.69. The van der Waals surface area contributed by atoms with Gasteiger partial charge in [-0.1, -0.05) is 11.6 Å². The highest BCUT2D eigenvalue weighted by Crippen LogP contribution is 2.15. The maximum atomic E-state index is 5.57. The fraction of sp³-hybridized carbons (Fsp3) is 0. The maximum absolute atomic E-state index is 5.57. The van der Waals surface area contributed by atoms with E-state index in [4.69, 9.17) is 11.6 Å². The summed E-state index contributed by atoms with van der Waals surface area (Å²) in [4.78, 5) is 4.83. The summed E-state index contributed by atoms with van der Waals surface area (Å²) < 4.78 is 0. The summed E-state index contributed by atoms with van der Waals surface area (Å²) in [5, 5.41) is 7.87. The van der Waals surface area contributed by atoms with Crippen molar-refractivity contribution in [2.24, 2.45) is 0 Å². The number of aromatic nitrogens is 3. The van der Waals surface area contributed by atoms with Crippen LogP contribution in [0.25, 0.3) is 10.3 Å². The molecule has 0 N–H and O–H groups in total. The first-order valence-electron chi connectivity index (χ1n) is 2.59. The van der Waals surface area contributed by atoms with Crippen molar-refractivity contribution in [3.8, 4) is 0 Å². The highest BCUT2D eigenvalue weighted by atomic mass is 35.5. The fourth-order valence-corrected chi connectivity index (χ4v) is 1.38. The first kappa shape index (κ1) is 6.00. The van der Waals surface area contributed by atoms with Gasteiger partial charge in [0.05, 0.1) is 5.51 Å². The van der Waals surface area contributed by atoms with Gasteiger partial charge in [0.2, 0.25) is 0 Å². The lowest BCUT2D eigenvalue weighted by atomic mass is 10.5. The van der Waals surface area contributed by atoms with Crippen LogP contribution in [0, 0.1) is 0 Å². The van der Waals surface area contributed by atoms with Gasteiger partial charge in [0, 0.05) is 6.07 Å². The Morgan fingerprint density at radius 3 is 3.20 bits per heavy atom. The normalized spacial score (nSPS) is 10.5. The Labute approximate surface area is 65.7 Å². The van der Waals surface area contributed by atoms with Crippen molar-refractivity contribution < 1.29 is 0 Å². The zero-order valence-electron chi connectivity index (χ0n) is 4.78. The topological polar surface area (TPSA) is 38.7 Å². The molecule has 0 aliphatic rings. The molecule has 0 spiro atoms. The molecule has 0 fully saturated rings. The van der Waals surface area contributed by atoms with Crippen molar-refractivity contribution in [3.63, 3.8) is 0 Å². The van der Waals surface area contributed by atoms with Crippen LogP contribution in [0.3, 0.4) is 0 Å². The highest BCUT2D eigenvalue weighted by Gasteiger charge is 1.97. The van der Waals surface area contributed by atoms with Crippen LogP contribution in [0.4, 0.5) is 0 Å². The molecule has 0 aliphatic carbocycles. The third kappa shape index (κ3) is 0.853. The summed E-state index contributed by atoms with van der Waals surface area (Å²) in [6.45, 7) is 0. The molecule has 10 heavy (non-hydrogen) atoms. The number of fused-ring (bicyclic) bond motifs is 1. The highest BCUT2D eigenvalue weighted by molar-refractivity contribution is 7.16. The SMILES string of the molecule is Clc1cc2ncsc2nn1. The fourth-order valence-electron chi connectivity index (χ4n) is 0.657. The number of nitrogens with zero attached hydrogens (tertiary/aromatic N) is 3. The first-order valence-corrected chi connectivity index (χ1v) is 3.84. The second kappa shape index (κ2) is 2.14. The molecular weight excluding hydrogens is 170 g/mol. The number of thiazole rings is 1. The lowest BCUT2D eigenvalue weighted by Crippen LogP contribution is -1.79. The van der Waals surface area contributed by atoms with Gasteiger partial charge >= 0.3 is 0 Å². The van der Waals surface area contributed by atoms with Gasteiger partial charge in [-0.2, -0.15) is 0 Å². The summed E-state index contributed by atoms with van der Waals surface area (Å²) in [5.74, 6) is 0. The Kier molecular flexibility index (Phi) is 1.28. The molecule has 50 valence electrons. The van der Waals surface area contributed by atoms with E-state index in [2.05, 4.69) is 15.2 Å². The van der Waals surface area contributed by atoms with Gasteiger partial charge in [-0.15, -0.1) is 21.5 Å². The number of hydrogen-bond acceptors (Lipinski definition) is 4. The van der Waals surface area contributed by atoms with Gasteiger partial charge in [-0.3, -0.25) is 0 Å². The Morgan fingerprint density at radius 2 is 2.30 bits per heavy atom. The predicted octanol–water partition coefficient (Wildman–Crippen LogP) is 1.74. The van der Waals surface area contributed by atoms with Crippen molar-refractivity contribution in [2.45, 2.75) is 0 Å². The molecule has 5 heteroatoms. The summed E-state index contributed by atoms with van der Waals surface area (Å²) in [6.07, 6.45) is 0. The van der Waals surface area contributed by atoms with Crippen molar-refractivity contribution in [3.05, 3.63) is 16.7 Å². The molecule has 2 aromatic rings. The second-order valence-electron chi connectivity index (χ2n) is 1.71. The molecule has 0 aromatic carbocycles. The van der Waals surface area contributed by atoms with Gasteiger partial charge in [-0.25, -0.2) is 4.98 Å². The molecule has 0 unspecified atom stereocenters. The second-order valence-corrected chi connectivity index (χ2v) is 2.93. The summed E-state index contributed by atoms with van der Waals surface area (Å²) in [7, 11) is 0. The van der Waals surface area contributed by atoms with E-state index in [1.165, 1.54) is 11.3 Å².